The van der Waals surface area contributed by atoms with E-state index in [1.54, 1.807) is 0 Å². The molecule has 144 valence electrons. The van der Waals surface area contributed by atoms with E-state index in [0.717, 1.165) is 17.7 Å². The number of hydrogen-bond acceptors (Lipinski definition) is 4. The van der Waals surface area contributed by atoms with Crippen LogP contribution in [-0.4, -0.2) is 21.1 Å². The van der Waals surface area contributed by atoms with Crippen LogP contribution in [-0.2, 0) is 11.2 Å². The summed E-state index contributed by atoms with van der Waals surface area (Å²) in [6.45, 7) is 1.87. The summed E-state index contributed by atoms with van der Waals surface area (Å²) in [5, 5.41) is 10.5. The van der Waals surface area contributed by atoms with Gasteiger partial charge in [-0.1, -0.05) is 30.3 Å². The second kappa shape index (κ2) is 8.51. The molecule has 2 N–H and O–H groups in total. The predicted octanol–water partition coefficient (Wildman–Crippen LogP) is 2.92. The summed E-state index contributed by atoms with van der Waals surface area (Å²) in [7, 11) is 0. The van der Waals surface area contributed by atoms with Crippen molar-refractivity contribution >= 4 is 5.91 Å². The molecule has 28 heavy (non-hydrogen) atoms. The number of rotatable bonds is 6. The first-order valence-corrected chi connectivity index (χ1v) is 8.69. The van der Waals surface area contributed by atoms with E-state index < -0.39 is 17.2 Å². The van der Waals surface area contributed by atoms with Crippen LogP contribution < -0.4 is 10.9 Å². The number of nitrogens with one attached hydrogen (secondary N) is 2. The molecule has 0 saturated heterocycles. The summed E-state index contributed by atoms with van der Waals surface area (Å²) in [6, 6.07) is 12.5. The van der Waals surface area contributed by atoms with E-state index in [1.165, 1.54) is 6.07 Å². The number of halogens is 2. The van der Waals surface area contributed by atoms with Gasteiger partial charge in [-0.2, -0.15) is 0 Å². The minimum Gasteiger partial charge on any atom is -0.350 e. The maximum Gasteiger partial charge on any atom is 0.273 e. The predicted molar refractivity (Wildman–Crippen MR) is 99.3 cm³/mol. The van der Waals surface area contributed by atoms with Crippen LogP contribution >= 0.6 is 0 Å². The Morgan fingerprint density at radius 2 is 1.86 bits per heavy atom. The van der Waals surface area contributed by atoms with E-state index in [4.69, 9.17) is 0 Å². The van der Waals surface area contributed by atoms with Gasteiger partial charge < -0.3 is 10.3 Å². The topological polar surface area (TPSA) is 87.7 Å². The van der Waals surface area contributed by atoms with E-state index in [2.05, 4.69) is 20.5 Å². The summed E-state index contributed by atoms with van der Waals surface area (Å²) in [5.41, 5.74) is 0.737. The van der Waals surface area contributed by atoms with Gasteiger partial charge in [0.1, 0.15) is 5.69 Å². The molecule has 0 radical (unpaired) electrons. The molecule has 0 fully saturated rings. The Kier molecular flexibility index (Phi) is 5.88. The number of aromatic amines is 1. The smallest absolute Gasteiger partial charge is 0.273 e. The molecule has 0 spiro atoms. The Morgan fingerprint density at radius 1 is 1.11 bits per heavy atom. The number of aromatic nitrogens is 3. The highest BCUT2D eigenvalue weighted by molar-refractivity contribution is 5.76. The van der Waals surface area contributed by atoms with Gasteiger partial charge in [0.25, 0.3) is 5.56 Å². The Labute approximate surface area is 159 Å². The van der Waals surface area contributed by atoms with Crippen molar-refractivity contribution in [2.24, 2.45) is 0 Å². The number of nitrogens with zero attached hydrogens (tertiary/aromatic N) is 2. The molecule has 0 aliphatic heterocycles. The lowest BCUT2D eigenvalue weighted by Crippen LogP contribution is -2.28. The molecule has 3 rings (SSSR count). The number of H-pyrrole nitrogens is 1. The van der Waals surface area contributed by atoms with Gasteiger partial charge in [0.05, 0.1) is 6.04 Å². The fourth-order valence-corrected chi connectivity index (χ4v) is 2.67. The fourth-order valence-electron chi connectivity index (χ4n) is 2.67. The van der Waals surface area contributed by atoms with Crippen molar-refractivity contribution in [1.82, 2.24) is 20.5 Å². The van der Waals surface area contributed by atoms with E-state index in [9.17, 15) is 18.4 Å². The molecule has 1 atom stereocenters. The van der Waals surface area contributed by atoms with Gasteiger partial charge in [0.2, 0.25) is 5.91 Å². The Bertz CT molecular complexity index is 1040. The Hall–Kier alpha value is -3.42. The van der Waals surface area contributed by atoms with Gasteiger partial charge in [-0.25, -0.2) is 8.78 Å². The van der Waals surface area contributed by atoms with Crippen LogP contribution in [0.3, 0.4) is 0 Å². The zero-order chi connectivity index (χ0) is 20.1. The van der Waals surface area contributed by atoms with E-state index >= 15 is 0 Å². The third kappa shape index (κ3) is 4.64. The van der Waals surface area contributed by atoms with Gasteiger partial charge in [0.15, 0.2) is 17.5 Å². The van der Waals surface area contributed by atoms with Gasteiger partial charge in [-0.15, -0.1) is 10.2 Å². The molecular weight excluding hydrogens is 366 g/mol. The minimum atomic E-state index is -1.05. The van der Waals surface area contributed by atoms with Crippen molar-refractivity contribution in [3.8, 4) is 11.4 Å². The zero-order valence-electron chi connectivity index (χ0n) is 15.1. The van der Waals surface area contributed by atoms with Crippen molar-refractivity contribution in [2.75, 3.05) is 0 Å². The van der Waals surface area contributed by atoms with Crippen LogP contribution in [0.2, 0.25) is 0 Å². The standard InChI is InChI=1S/C20H18F2N4O2/c1-12(13-5-3-2-4-6-13)23-18(27)10-9-17-20(28)24-19(26-25-17)14-7-8-15(21)16(22)11-14/h2-8,11-12H,9-10H2,1H3,(H,23,27)(H,24,26,28). The van der Waals surface area contributed by atoms with Crippen molar-refractivity contribution in [2.45, 2.75) is 25.8 Å². The second-order valence-corrected chi connectivity index (χ2v) is 6.28. The van der Waals surface area contributed by atoms with Gasteiger partial charge in [-0.3, -0.25) is 9.59 Å². The first-order chi connectivity index (χ1) is 13.4. The van der Waals surface area contributed by atoms with Crippen molar-refractivity contribution in [3.05, 3.63) is 81.8 Å². The molecule has 6 nitrogen and oxygen atoms in total. The van der Waals surface area contributed by atoms with E-state index in [1.807, 2.05) is 37.3 Å². The second-order valence-electron chi connectivity index (χ2n) is 6.28. The van der Waals surface area contributed by atoms with Crippen LogP contribution in [0.1, 0.15) is 30.6 Å². The summed E-state index contributed by atoms with van der Waals surface area (Å²) < 4.78 is 26.3. The van der Waals surface area contributed by atoms with Crippen LogP contribution in [0.15, 0.2) is 53.3 Å². The third-order valence-electron chi connectivity index (χ3n) is 4.22. The van der Waals surface area contributed by atoms with Crippen LogP contribution in [0.5, 0.6) is 0 Å². The van der Waals surface area contributed by atoms with Crippen LogP contribution in [0, 0.1) is 11.6 Å². The number of amides is 1. The lowest BCUT2D eigenvalue weighted by atomic mass is 10.1. The molecule has 1 unspecified atom stereocenters. The molecule has 1 amide bonds. The molecule has 0 aliphatic carbocycles. The number of hydrogen-bond donors (Lipinski definition) is 2. The highest BCUT2D eigenvalue weighted by Crippen LogP contribution is 2.16. The highest BCUT2D eigenvalue weighted by Gasteiger charge is 2.13. The first kappa shape index (κ1) is 19.3. The normalized spacial score (nSPS) is 11.8. The summed E-state index contributed by atoms with van der Waals surface area (Å²) >= 11 is 0. The highest BCUT2D eigenvalue weighted by atomic mass is 19.2. The molecule has 0 bridgehead atoms. The SMILES string of the molecule is CC(NC(=O)CCc1nnc(-c2ccc(F)c(F)c2)[nH]c1=O)c1ccccc1. The summed E-state index contributed by atoms with van der Waals surface area (Å²) in [5.74, 6) is -2.24. The lowest BCUT2D eigenvalue weighted by molar-refractivity contribution is -0.121. The maximum absolute atomic E-state index is 13.3. The first-order valence-electron chi connectivity index (χ1n) is 8.69. The van der Waals surface area contributed by atoms with Crippen LogP contribution in [0.4, 0.5) is 8.78 Å². The van der Waals surface area contributed by atoms with Gasteiger partial charge in [0, 0.05) is 18.4 Å². The average molecular weight is 384 g/mol. The third-order valence-corrected chi connectivity index (χ3v) is 4.22. The molecule has 1 aromatic heterocycles. The Balaban J connectivity index is 1.62. The number of benzene rings is 2. The monoisotopic (exact) mass is 384 g/mol. The number of carbonyl (C=O) groups is 1. The van der Waals surface area contributed by atoms with Crippen LogP contribution in [0.25, 0.3) is 11.4 Å². The largest absolute Gasteiger partial charge is 0.350 e. The fraction of sp³-hybridized carbons (Fsp3) is 0.200. The van der Waals surface area contributed by atoms with E-state index in [-0.39, 0.29) is 41.9 Å². The minimum absolute atomic E-state index is 0.0230. The molecule has 3 aromatic rings. The number of carbonyl (C=O) groups excluding carboxylic acids is 1. The summed E-state index contributed by atoms with van der Waals surface area (Å²) in [6.07, 6.45) is 0.174. The Morgan fingerprint density at radius 3 is 2.54 bits per heavy atom. The van der Waals surface area contributed by atoms with Crippen molar-refractivity contribution in [3.63, 3.8) is 0 Å². The summed E-state index contributed by atoms with van der Waals surface area (Å²) in [4.78, 5) is 26.8. The van der Waals surface area contributed by atoms with Gasteiger partial charge in [-0.05, 0) is 30.7 Å². The lowest BCUT2D eigenvalue weighted by Gasteiger charge is -2.14. The average Bonchev–Trinajstić information content (AvgIpc) is 2.69. The molecule has 0 aliphatic rings. The zero-order valence-corrected chi connectivity index (χ0v) is 15.1. The quantitative estimate of drug-likeness (QED) is 0.684. The van der Waals surface area contributed by atoms with Crippen molar-refractivity contribution < 1.29 is 13.6 Å². The molecule has 1 heterocycles. The maximum atomic E-state index is 13.3. The molecule has 0 saturated carbocycles. The van der Waals surface area contributed by atoms with Gasteiger partial charge >= 0.3 is 0 Å². The molecule has 2 aromatic carbocycles. The number of aryl methyl sites for hydroxylation is 1. The molecular formula is C20H18F2N4O2. The van der Waals surface area contributed by atoms with E-state index in [0.29, 0.717) is 0 Å². The molecule has 8 heteroatoms. The van der Waals surface area contributed by atoms with Crippen molar-refractivity contribution in [1.29, 1.82) is 0 Å².